The summed E-state index contributed by atoms with van der Waals surface area (Å²) in [5, 5.41) is 4.69. The van der Waals surface area contributed by atoms with Crippen LogP contribution < -0.4 is 5.32 Å². The van der Waals surface area contributed by atoms with Gasteiger partial charge in [0.05, 0.1) is 6.04 Å². The fourth-order valence-electron chi connectivity index (χ4n) is 2.03. The molecule has 0 aliphatic heterocycles. The zero-order valence-electron chi connectivity index (χ0n) is 12.3. The smallest absolute Gasteiger partial charge is 0.254 e. The number of rotatable bonds is 4. The van der Waals surface area contributed by atoms with E-state index in [0.29, 0.717) is 11.3 Å². The van der Waals surface area contributed by atoms with Gasteiger partial charge in [-0.05, 0) is 36.6 Å². The second kappa shape index (κ2) is 6.54. The fraction of sp³-hybridized carbons (Fsp3) is 0.250. The molecule has 0 saturated carbocycles. The first-order valence-electron chi connectivity index (χ1n) is 6.67. The minimum absolute atomic E-state index is 0.0157. The lowest BCUT2D eigenvalue weighted by Gasteiger charge is -2.24. The number of carbonyl (C=O) groups excluding carboxylic acids is 2. The highest BCUT2D eigenvalue weighted by molar-refractivity contribution is 7.10. The molecule has 1 aromatic carbocycles. The van der Waals surface area contributed by atoms with Crippen LogP contribution in [0.2, 0.25) is 0 Å². The lowest BCUT2D eigenvalue weighted by Crippen LogP contribution is -2.29. The molecular formula is C16H18N2O2S. The van der Waals surface area contributed by atoms with Gasteiger partial charge in [-0.25, -0.2) is 0 Å². The molecule has 1 atom stereocenters. The average molecular weight is 302 g/mol. The van der Waals surface area contributed by atoms with E-state index in [1.54, 1.807) is 47.5 Å². The van der Waals surface area contributed by atoms with Crippen molar-refractivity contribution in [3.05, 3.63) is 52.2 Å². The number of nitrogens with one attached hydrogen (secondary N) is 1. The summed E-state index contributed by atoms with van der Waals surface area (Å²) in [6.45, 7) is 3.45. The normalized spacial score (nSPS) is 11.8. The molecule has 2 amide bonds. The minimum atomic E-state index is -0.153. The maximum Gasteiger partial charge on any atom is 0.254 e. The average Bonchev–Trinajstić information content (AvgIpc) is 2.98. The molecule has 0 fully saturated rings. The molecule has 1 heterocycles. The van der Waals surface area contributed by atoms with E-state index in [0.717, 1.165) is 4.88 Å². The van der Waals surface area contributed by atoms with Crippen LogP contribution in [-0.4, -0.2) is 23.8 Å². The molecule has 0 aliphatic carbocycles. The summed E-state index contributed by atoms with van der Waals surface area (Å²) in [4.78, 5) is 26.5. The van der Waals surface area contributed by atoms with E-state index in [1.165, 1.54) is 6.92 Å². The van der Waals surface area contributed by atoms with Gasteiger partial charge in [-0.1, -0.05) is 12.1 Å². The van der Waals surface area contributed by atoms with Crippen molar-refractivity contribution < 1.29 is 9.59 Å². The Bertz CT molecular complexity index is 637. The molecule has 0 aliphatic rings. The third-order valence-electron chi connectivity index (χ3n) is 3.29. The van der Waals surface area contributed by atoms with E-state index in [1.807, 2.05) is 24.4 Å². The quantitative estimate of drug-likeness (QED) is 0.939. The fourth-order valence-corrected chi connectivity index (χ4v) is 2.86. The maximum absolute atomic E-state index is 12.5. The third-order valence-corrected chi connectivity index (χ3v) is 4.33. The zero-order valence-corrected chi connectivity index (χ0v) is 13.1. The van der Waals surface area contributed by atoms with Crippen LogP contribution in [0.15, 0.2) is 41.8 Å². The summed E-state index contributed by atoms with van der Waals surface area (Å²) in [6, 6.07) is 11.0. The second-order valence-corrected chi connectivity index (χ2v) is 5.85. The highest BCUT2D eigenvalue weighted by Crippen LogP contribution is 2.25. The SMILES string of the molecule is CC(=O)Nc1cccc(C(=O)N(C)[C@@H](C)c2cccs2)c1. The molecule has 0 radical (unpaired) electrons. The topological polar surface area (TPSA) is 49.4 Å². The summed E-state index contributed by atoms with van der Waals surface area (Å²) in [5.41, 5.74) is 1.19. The van der Waals surface area contributed by atoms with Crippen LogP contribution in [0.1, 0.15) is 35.1 Å². The summed E-state index contributed by atoms with van der Waals surface area (Å²) in [6.07, 6.45) is 0. The minimum Gasteiger partial charge on any atom is -0.334 e. The molecule has 0 unspecified atom stereocenters. The number of hydrogen-bond acceptors (Lipinski definition) is 3. The van der Waals surface area contributed by atoms with Gasteiger partial charge in [-0.2, -0.15) is 0 Å². The Morgan fingerprint density at radius 3 is 2.62 bits per heavy atom. The van der Waals surface area contributed by atoms with Gasteiger partial charge in [0.2, 0.25) is 5.91 Å². The van der Waals surface area contributed by atoms with Crippen molar-refractivity contribution in [2.45, 2.75) is 19.9 Å². The summed E-state index contributed by atoms with van der Waals surface area (Å²) >= 11 is 1.63. The second-order valence-electron chi connectivity index (χ2n) is 4.87. The lowest BCUT2D eigenvalue weighted by molar-refractivity contribution is -0.114. The van der Waals surface area contributed by atoms with Crippen LogP contribution in [0.5, 0.6) is 0 Å². The van der Waals surface area contributed by atoms with Gasteiger partial charge in [0.1, 0.15) is 0 Å². The Kier molecular flexibility index (Phi) is 4.75. The van der Waals surface area contributed by atoms with Crippen molar-refractivity contribution in [3.63, 3.8) is 0 Å². The largest absolute Gasteiger partial charge is 0.334 e. The van der Waals surface area contributed by atoms with Crippen LogP contribution >= 0.6 is 11.3 Å². The van der Waals surface area contributed by atoms with E-state index in [4.69, 9.17) is 0 Å². The Hall–Kier alpha value is -2.14. The molecule has 4 nitrogen and oxygen atoms in total. The van der Waals surface area contributed by atoms with Crippen LogP contribution in [0.3, 0.4) is 0 Å². The molecule has 5 heteroatoms. The van der Waals surface area contributed by atoms with Crippen molar-refractivity contribution in [1.29, 1.82) is 0 Å². The number of benzene rings is 1. The van der Waals surface area contributed by atoms with E-state index in [-0.39, 0.29) is 17.9 Å². The van der Waals surface area contributed by atoms with Gasteiger partial charge >= 0.3 is 0 Å². The number of nitrogens with zero attached hydrogens (tertiary/aromatic N) is 1. The predicted octanol–water partition coefficient (Wildman–Crippen LogP) is 3.54. The number of anilines is 1. The molecule has 1 N–H and O–H groups in total. The van der Waals surface area contributed by atoms with E-state index < -0.39 is 0 Å². The first-order chi connectivity index (χ1) is 9.99. The predicted molar refractivity (Wildman–Crippen MR) is 85.6 cm³/mol. The van der Waals surface area contributed by atoms with Crippen molar-refractivity contribution in [1.82, 2.24) is 4.90 Å². The van der Waals surface area contributed by atoms with Gasteiger partial charge in [0.25, 0.3) is 5.91 Å². The Morgan fingerprint density at radius 1 is 1.24 bits per heavy atom. The molecule has 110 valence electrons. The van der Waals surface area contributed by atoms with Crippen molar-refractivity contribution in [2.75, 3.05) is 12.4 Å². The molecular weight excluding hydrogens is 284 g/mol. The Morgan fingerprint density at radius 2 is 2.00 bits per heavy atom. The zero-order chi connectivity index (χ0) is 15.4. The molecule has 0 bridgehead atoms. The van der Waals surface area contributed by atoms with Gasteiger partial charge in [-0.15, -0.1) is 11.3 Å². The molecule has 0 spiro atoms. The van der Waals surface area contributed by atoms with Gasteiger partial charge < -0.3 is 10.2 Å². The Labute approximate surface area is 128 Å². The highest BCUT2D eigenvalue weighted by atomic mass is 32.1. The van der Waals surface area contributed by atoms with Crippen LogP contribution in [0.25, 0.3) is 0 Å². The highest BCUT2D eigenvalue weighted by Gasteiger charge is 2.19. The van der Waals surface area contributed by atoms with Crippen LogP contribution in [-0.2, 0) is 4.79 Å². The molecule has 1 aromatic heterocycles. The number of thiophene rings is 1. The standard InChI is InChI=1S/C16H18N2O2S/c1-11(15-8-5-9-21-15)18(3)16(20)13-6-4-7-14(10-13)17-12(2)19/h4-11H,1-3H3,(H,17,19)/t11-/m0/s1. The van der Waals surface area contributed by atoms with E-state index in [9.17, 15) is 9.59 Å². The Balaban J connectivity index is 2.17. The third kappa shape index (κ3) is 3.70. The number of amides is 2. The molecule has 2 aromatic rings. The van der Waals surface area contributed by atoms with Gasteiger partial charge in [-0.3, -0.25) is 9.59 Å². The van der Waals surface area contributed by atoms with Crippen LogP contribution in [0, 0.1) is 0 Å². The molecule has 0 saturated heterocycles. The molecule has 21 heavy (non-hydrogen) atoms. The van der Waals surface area contributed by atoms with Crippen molar-refractivity contribution in [2.24, 2.45) is 0 Å². The van der Waals surface area contributed by atoms with Gasteiger partial charge in [0, 0.05) is 30.1 Å². The van der Waals surface area contributed by atoms with Crippen molar-refractivity contribution in [3.8, 4) is 0 Å². The first kappa shape index (κ1) is 15.3. The number of hydrogen-bond donors (Lipinski definition) is 1. The first-order valence-corrected chi connectivity index (χ1v) is 7.55. The van der Waals surface area contributed by atoms with E-state index in [2.05, 4.69) is 5.32 Å². The summed E-state index contributed by atoms with van der Waals surface area (Å²) in [5.74, 6) is -0.219. The summed E-state index contributed by atoms with van der Waals surface area (Å²) in [7, 11) is 1.79. The van der Waals surface area contributed by atoms with E-state index >= 15 is 0 Å². The lowest BCUT2D eigenvalue weighted by atomic mass is 10.1. The van der Waals surface area contributed by atoms with Gasteiger partial charge in [0.15, 0.2) is 0 Å². The van der Waals surface area contributed by atoms with Crippen molar-refractivity contribution >= 4 is 28.8 Å². The number of carbonyl (C=O) groups is 2. The summed E-state index contributed by atoms with van der Waals surface area (Å²) < 4.78 is 0. The van der Waals surface area contributed by atoms with Crippen LogP contribution in [0.4, 0.5) is 5.69 Å². The maximum atomic E-state index is 12.5. The molecule has 2 rings (SSSR count). The monoisotopic (exact) mass is 302 g/mol.